The summed E-state index contributed by atoms with van der Waals surface area (Å²) in [6, 6.07) is 13.7. The molecule has 4 rings (SSSR count). The molecule has 0 atom stereocenters. The molecule has 0 spiro atoms. The second-order valence-electron chi connectivity index (χ2n) is 6.42. The van der Waals surface area contributed by atoms with E-state index in [1.807, 2.05) is 24.3 Å². The number of benzene rings is 2. The van der Waals surface area contributed by atoms with Gasteiger partial charge in [0.05, 0.1) is 11.8 Å². The van der Waals surface area contributed by atoms with Crippen molar-refractivity contribution in [2.24, 2.45) is 0 Å². The van der Waals surface area contributed by atoms with Crippen LogP contribution in [0.5, 0.6) is 5.75 Å². The Labute approximate surface area is 165 Å². The fraction of sp³-hybridized carbons (Fsp3) is 0.263. The van der Waals surface area contributed by atoms with E-state index in [0.717, 1.165) is 18.4 Å². The van der Waals surface area contributed by atoms with Crippen LogP contribution < -0.4 is 10.1 Å². The number of tetrazole rings is 1. The fourth-order valence-electron chi connectivity index (χ4n) is 2.62. The van der Waals surface area contributed by atoms with E-state index in [1.165, 1.54) is 23.9 Å². The highest BCUT2D eigenvalue weighted by Gasteiger charge is 2.28. The molecule has 1 saturated carbocycles. The molecular formula is C19H18FN5O2S. The second-order valence-corrected chi connectivity index (χ2v) is 7.36. The summed E-state index contributed by atoms with van der Waals surface area (Å²) in [5, 5.41) is 15.1. The molecule has 3 aromatic rings. The van der Waals surface area contributed by atoms with Gasteiger partial charge in [-0.15, -0.1) is 5.10 Å². The summed E-state index contributed by atoms with van der Waals surface area (Å²) in [4.78, 5) is 12.2. The first-order valence-electron chi connectivity index (χ1n) is 8.85. The Morgan fingerprint density at radius 1 is 1.25 bits per heavy atom. The number of thioether (sulfide) groups is 1. The number of ether oxygens (including phenoxy) is 1. The summed E-state index contributed by atoms with van der Waals surface area (Å²) in [6.07, 6.45) is 2.16. The Kier molecular flexibility index (Phi) is 5.52. The van der Waals surface area contributed by atoms with Crippen LogP contribution in [0.1, 0.15) is 24.4 Å². The van der Waals surface area contributed by atoms with Crippen molar-refractivity contribution in [1.29, 1.82) is 0 Å². The Morgan fingerprint density at radius 3 is 2.93 bits per heavy atom. The van der Waals surface area contributed by atoms with Gasteiger partial charge in [0.25, 0.3) is 0 Å². The standard InChI is InChI=1S/C19H18FN5O2S/c20-14-4-2-6-17(10-14)27-11-13-3-1-5-15(9-13)21-18(26)12-28-19-22-23-24-25(19)16-7-8-16/h1-6,9-10,16H,7-8,11-12H2,(H,21,26). The number of anilines is 1. The van der Waals surface area contributed by atoms with Gasteiger partial charge in [0, 0.05) is 11.8 Å². The van der Waals surface area contributed by atoms with Crippen molar-refractivity contribution < 1.29 is 13.9 Å². The predicted octanol–water partition coefficient (Wildman–Crippen LogP) is 3.46. The number of hydrogen-bond donors (Lipinski definition) is 1. The van der Waals surface area contributed by atoms with Crippen LogP contribution in [-0.4, -0.2) is 31.9 Å². The van der Waals surface area contributed by atoms with Crippen LogP contribution in [0.2, 0.25) is 0 Å². The van der Waals surface area contributed by atoms with Crippen LogP contribution in [0.15, 0.2) is 53.7 Å². The lowest BCUT2D eigenvalue weighted by Crippen LogP contribution is -2.15. The Balaban J connectivity index is 1.30. The van der Waals surface area contributed by atoms with Crippen molar-refractivity contribution >= 4 is 23.4 Å². The Hall–Kier alpha value is -2.94. The van der Waals surface area contributed by atoms with Crippen molar-refractivity contribution in [3.05, 3.63) is 59.9 Å². The third kappa shape index (κ3) is 4.86. The average molecular weight is 399 g/mol. The number of carbonyl (C=O) groups excluding carboxylic acids is 1. The van der Waals surface area contributed by atoms with Crippen molar-refractivity contribution in [2.75, 3.05) is 11.1 Å². The summed E-state index contributed by atoms with van der Waals surface area (Å²) in [5.41, 5.74) is 1.54. The molecule has 1 aliphatic rings. The number of rotatable bonds is 8. The van der Waals surface area contributed by atoms with Crippen LogP contribution >= 0.6 is 11.8 Å². The first-order valence-corrected chi connectivity index (χ1v) is 9.84. The molecule has 1 fully saturated rings. The summed E-state index contributed by atoms with van der Waals surface area (Å²) in [6.45, 7) is 0.276. The van der Waals surface area contributed by atoms with Crippen molar-refractivity contribution in [3.63, 3.8) is 0 Å². The highest BCUT2D eigenvalue weighted by molar-refractivity contribution is 7.99. The van der Waals surface area contributed by atoms with E-state index in [2.05, 4.69) is 20.8 Å². The van der Waals surface area contributed by atoms with E-state index in [9.17, 15) is 9.18 Å². The predicted molar refractivity (Wildman–Crippen MR) is 103 cm³/mol. The number of carbonyl (C=O) groups is 1. The molecule has 7 nitrogen and oxygen atoms in total. The fourth-order valence-corrected chi connectivity index (χ4v) is 3.36. The van der Waals surface area contributed by atoms with Gasteiger partial charge in [-0.3, -0.25) is 4.79 Å². The number of nitrogens with one attached hydrogen (secondary N) is 1. The molecule has 2 aromatic carbocycles. The maximum atomic E-state index is 13.2. The number of nitrogens with zero attached hydrogens (tertiary/aromatic N) is 4. The molecule has 1 N–H and O–H groups in total. The van der Waals surface area contributed by atoms with Gasteiger partial charge in [0.1, 0.15) is 18.2 Å². The highest BCUT2D eigenvalue weighted by atomic mass is 32.2. The number of hydrogen-bond acceptors (Lipinski definition) is 6. The van der Waals surface area contributed by atoms with Crippen LogP contribution in [-0.2, 0) is 11.4 Å². The maximum absolute atomic E-state index is 13.2. The number of aromatic nitrogens is 4. The molecule has 1 amide bonds. The van der Waals surface area contributed by atoms with E-state index in [1.54, 1.807) is 16.8 Å². The van der Waals surface area contributed by atoms with Gasteiger partial charge in [-0.25, -0.2) is 9.07 Å². The molecule has 1 aliphatic carbocycles. The third-order valence-electron chi connectivity index (χ3n) is 4.10. The largest absolute Gasteiger partial charge is 0.489 e. The highest BCUT2D eigenvalue weighted by Crippen LogP contribution is 2.36. The van der Waals surface area contributed by atoms with Crippen molar-refractivity contribution in [3.8, 4) is 5.75 Å². The van der Waals surface area contributed by atoms with Crippen molar-refractivity contribution in [2.45, 2.75) is 30.6 Å². The molecule has 0 unspecified atom stereocenters. The summed E-state index contributed by atoms with van der Waals surface area (Å²) in [5.74, 6) is 0.193. The summed E-state index contributed by atoms with van der Waals surface area (Å²) in [7, 11) is 0. The topological polar surface area (TPSA) is 81.9 Å². The molecule has 0 bridgehead atoms. The first-order chi connectivity index (χ1) is 13.7. The van der Waals surface area contributed by atoms with Gasteiger partial charge in [-0.2, -0.15) is 0 Å². The molecular weight excluding hydrogens is 381 g/mol. The van der Waals surface area contributed by atoms with Crippen molar-refractivity contribution in [1.82, 2.24) is 20.2 Å². The molecule has 9 heteroatoms. The quantitative estimate of drug-likeness (QED) is 0.584. The van der Waals surface area contributed by atoms with Gasteiger partial charge in [-0.1, -0.05) is 30.0 Å². The smallest absolute Gasteiger partial charge is 0.234 e. The van der Waals surface area contributed by atoms with Crippen LogP contribution in [0.3, 0.4) is 0 Å². The molecule has 1 aromatic heterocycles. The minimum absolute atomic E-state index is 0.140. The van der Waals surface area contributed by atoms with Crippen LogP contribution in [0.4, 0.5) is 10.1 Å². The van der Waals surface area contributed by atoms with Gasteiger partial charge < -0.3 is 10.1 Å². The Morgan fingerprint density at radius 2 is 2.11 bits per heavy atom. The zero-order valence-corrected chi connectivity index (χ0v) is 15.7. The van der Waals surface area contributed by atoms with E-state index in [4.69, 9.17) is 4.74 Å². The number of halogens is 1. The van der Waals surface area contributed by atoms with Gasteiger partial charge >= 0.3 is 0 Å². The third-order valence-corrected chi connectivity index (χ3v) is 5.03. The first kappa shape index (κ1) is 18.4. The van der Waals surface area contributed by atoms with Crippen LogP contribution in [0, 0.1) is 5.82 Å². The molecule has 144 valence electrons. The zero-order valence-electron chi connectivity index (χ0n) is 14.9. The van der Waals surface area contributed by atoms with E-state index < -0.39 is 0 Å². The molecule has 28 heavy (non-hydrogen) atoms. The van der Waals surface area contributed by atoms with Crippen LogP contribution in [0.25, 0.3) is 0 Å². The molecule has 0 saturated heterocycles. The lowest BCUT2D eigenvalue weighted by Gasteiger charge is -2.09. The number of amides is 1. The van der Waals surface area contributed by atoms with E-state index in [-0.39, 0.29) is 24.1 Å². The lowest BCUT2D eigenvalue weighted by molar-refractivity contribution is -0.113. The molecule has 0 radical (unpaired) electrons. The van der Waals surface area contributed by atoms with E-state index >= 15 is 0 Å². The molecule has 0 aliphatic heterocycles. The lowest BCUT2D eigenvalue weighted by atomic mass is 10.2. The second kappa shape index (κ2) is 8.39. The van der Waals surface area contributed by atoms with Gasteiger partial charge in [0.15, 0.2) is 0 Å². The van der Waals surface area contributed by atoms with E-state index in [0.29, 0.717) is 22.6 Å². The normalized spacial score (nSPS) is 13.3. The van der Waals surface area contributed by atoms with Gasteiger partial charge in [0.2, 0.25) is 11.1 Å². The van der Waals surface area contributed by atoms with Gasteiger partial charge in [-0.05, 0) is 53.1 Å². The Bertz CT molecular complexity index is 976. The summed E-state index contributed by atoms with van der Waals surface area (Å²) < 4.78 is 20.6. The zero-order chi connectivity index (χ0) is 19.3. The maximum Gasteiger partial charge on any atom is 0.234 e. The monoisotopic (exact) mass is 399 g/mol. The summed E-state index contributed by atoms with van der Waals surface area (Å²) >= 11 is 1.32. The SMILES string of the molecule is O=C(CSc1nnnn1C1CC1)Nc1cccc(COc2cccc(F)c2)c1. The molecule has 1 heterocycles. The minimum atomic E-state index is -0.344. The minimum Gasteiger partial charge on any atom is -0.489 e. The average Bonchev–Trinajstić information content (AvgIpc) is 3.43.